The maximum absolute atomic E-state index is 13.9. The van der Waals surface area contributed by atoms with E-state index in [1.165, 1.54) is 22.0 Å². The molecule has 4 rings (SSSR count). The molecule has 0 fully saturated rings. The monoisotopic (exact) mass is 557 g/mol. The summed E-state index contributed by atoms with van der Waals surface area (Å²) in [7, 11) is -3.69. The lowest BCUT2D eigenvalue weighted by Crippen LogP contribution is -2.48. The number of carbonyl (C=O) groups is 1. The molecule has 0 saturated heterocycles. The Labute approximate surface area is 227 Å². The number of aliphatic hydroxyl groups is 1. The molecule has 0 bridgehead atoms. The van der Waals surface area contributed by atoms with E-state index in [2.05, 4.69) is 23.6 Å². The average Bonchev–Trinajstić information content (AvgIpc) is 3.16. The number of fused-ring (bicyclic) bond motifs is 1. The lowest BCUT2D eigenvalue weighted by Gasteiger charge is -2.25. The quantitative estimate of drug-likeness (QED) is 0.335. The first-order chi connectivity index (χ1) is 18.6. The van der Waals surface area contributed by atoms with Gasteiger partial charge in [-0.2, -0.15) is 4.31 Å². The Morgan fingerprint density at radius 1 is 1.00 bits per heavy atom. The summed E-state index contributed by atoms with van der Waals surface area (Å²) in [4.78, 5) is 13.3. The van der Waals surface area contributed by atoms with Gasteiger partial charge < -0.3 is 15.7 Å². The average molecular weight is 558 g/mol. The van der Waals surface area contributed by atoms with Gasteiger partial charge in [0.15, 0.2) is 0 Å². The largest absolute Gasteiger partial charge is 0.390 e. The van der Waals surface area contributed by atoms with Crippen LogP contribution in [-0.4, -0.2) is 49.0 Å². The molecule has 0 saturated carbocycles. The molecule has 2 atom stereocenters. The van der Waals surface area contributed by atoms with Gasteiger partial charge in [0.25, 0.3) is 5.91 Å². The third-order valence-electron chi connectivity index (χ3n) is 6.89. The van der Waals surface area contributed by atoms with Crippen LogP contribution in [0, 0.1) is 11.6 Å². The zero-order chi connectivity index (χ0) is 28.2. The molecule has 0 unspecified atom stereocenters. The highest BCUT2D eigenvalue weighted by Crippen LogP contribution is 2.30. The third kappa shape index (κ3) is 6.88. The number of benzene rings is 3. The van der Waals surface area contributed by atoms with Crippen LogP contribution in [0.4, 0.5) is 8.78 Å². The number of aliphatic hydroxyl groups excluding tert-OH is 1. The van der Waals surface area contributed by atoms with Crippen LogP contribution >= 0.6 is 0 Å². The Balaban J connectivity index is 1.51. The summed E-state index contributed by atoms with van der Waals surface area (Å²) >= 11 is 0. The molecule has 0 aromatic heterocycles. The highest BCUT2D eigenvalue weighted by molar-refractivity contribution is 7.89. The predicted molar refractivity (Wildman–Crippen MR) is 145 cm³/mol. The van der Waals surface area contributed by atoms with Crippen LogP contribution < -0.4 is 10.6 Å². The topological polar surface area (TPSA) is 98.7 Å². The SMILES string of the molecule is CCc1cccc(CNC[C@@H](O)[C@H](Cc2cc(F)cc(F)c2)NC(=O)c2ccc3c(c2)S(=O)(=O)N(CC)C3)c1. The van der Waals surface area contributed by atoms with Crippen molar-refractivity contribution < 1.29 is 27.1 Å². The fourth-order valence-corrected chi connectivity index (χ4v) is 6.41. The van der Waals surface area contributed by atoms with Crippen molar-refractivity contribution in [2.24, 2.45) is 0 Å². The number of hydrogen-bond donors (Lipinski definition) is 3. The van der Waals surface area contributed by atoms with Crippen molar-refractivity contribution >= 4 is 15.9 Å². The Morgan fingerprint density at radius 2 is 1.72 bits per heavy atom. The number of hydrogen-bond acceptors (Lipinski definition) is 5. The standard InChI is InChI=1S/C29H33F2N3O4S/c1-3-19-6-5-7-20(10-19)16-32-17-27(35)26(13-21-11-24(30)15-25(31)12-21)33-29(36)22-8-9-23-18-34(4-2)39(37,38)28(23)14-22/h5-12,14-15,26-27,32,35H,3-4,13,16-18H2,1-2H3,(H,33,36)/t26-,27+/m0/s1. The van der Waals surface area contributed by atoms with E-state index in [1.54, 1.807) is 13.0 Å². The number of sulfonamides is 1. The first-order valence-corrected chi connectivity index (χ1v) is 14.4. The summed E-state index contributed by atoms with van der Waals surface area (Å²) in [6.45, 7) is 4.95. The number of nitrogens with zero attached hydrogens (tertiary/aromatic N) is 1. The van der Waals surface area contributed by atoms with E-state index in [4.69, 9.17) is 0 Å². The second kappa shape index (κ2) is 12.3. The van der Waals surface area contributed by atoms with Crippen LogP contribution in [0.3, 0.4) is 0 Å². The minimum Gasteiger partial charge on any atom is -0.390 e. The zero-order valence-electron chi connectivity index (χ0n) is 22.0. The Hall–Kier alpha value is -3.18. The molecule has 0 radical (unpaired) electrons. The first kappa shape index (κ1) is 28.8. The normalized spacial score (nSPS) is 16.0. The van der Waals surface area contributed by atoms with Gasteiger partial charge in [-0.15, -0.1) is 0 Å². The molecule has 1 aliphatic heterocycles. The summed E-state index contributed by atoms with van der Waals surface area (Å²) in [5.41, 5.74) is 3.21. The van der Waals surface area contributed by atoms with Gasteiger partial charge in [-0.25, -0.2) is 17.2 Å². The number of halogens is 2. The van der Waals surface area contributed by atoms with Crippen molar-refractivity contribution in [3.05, 3.63) is 100 Å². The lowest BCUT2D eigenvalue weighted by atomic mass is 9.99. The lowest BCUT2D eigenvalue weighted by molar-refractivity contribution is 0.0829. The minimum absolute atomic E-state index is 0.0402. The minimum atomic E-state index is -3.69. The smallest absolute Gasteiger partial charge is 0.251 e. The summed E-state index contributed by atoms with van der Waals surface area (Å²) < 4.78 is 54.6. The van der Waals surface area contributed by atoms with Crippen LogP contribution in [0.2, 0.25) is 0 Å². The molecule has 3 aromatic carbocycles. The van der Waals surface area contributed by atoms with Crippen molar-refractivity contribution in [2.45, 2.75) is 56.8 Å². The number of amides is 1. The van der Waals surface area contributed by atoms with Gasteiger partial charge in [0.2, 0.25) is 10.0 Å². The summed E-state index contributed by atoms with van der Waals surface area (Å²) in [5, 5.41) is 16.9. The van der Waals surface area contributed by atoms with Crippen LogP contribution in [-0.2, 0) is 36.0 Å². The van der Waals surface area contributed by atoms with Crippen molar-refractivity contribution in [3.63, 3.8) is 0 Å². The van der Waals surface area contributed by atoms with E-state index in [0.29, 0.717) is 18.7 Å². The van der Waals surface area contributed by atoms with Gasteiger partial charge in [0, 0.05) is 37.8 Å². The molecular weight excluding hydrogens is 524 g/mol. The van der Waals surface area contributed by atoms with Gasteiger partial charge in [-0.1, -0.05) is 44.2 Å². The van der Waals surface area contributed by atoms with Crippen LogP contribution in [0.1, 0.15) is 46.5 Å². The fraction of sp³-hybridized carbons (Fsp3) is 0.345. The number of aryl methyl sites for hydroxylation is 1. The molecule has 7 nitrogen and oxygen atoms in total. The number of nitrogens with one attached hydrogen (secondary N) is 2. The van der Waals surface area contributed by atoms with Crippen molar-refractivity contribution in [1.82, 2.24) is 14.9 Å². The van der Waals surface area contributed by atoms with Gasteiger partial charge in [0.05, 0.1) is 17.0 Å². The third-order valence-corrected chi connectivity index (χ3v) is 8.89. The van der Waals surface area contributed by atoms with E-state index in [1.807, 2.05) is 18.2 Å². The molecule has 3 N–H and O–H groups in total. The summed E-state index contributed by atoms with van der Waals surface area (Å²) in [6.07, 6.45) is -0.250. The van der Waals surface area contributed by atoms with Crippen molar-refractivity contribution in [2.75, 3.05) is 13.1 Å². The second-order valence-electron chi connectivity index (χ2n) is 9.69. The fourth-order valence-electron chi connectivity index (χ4n) is 4.75. The van der Waals surface area contributed by atoms with E-state index in [-0.39, 0.29) is 35.5 Å². The molecule has 0 spiro atoms. The van der Waals surface area contributed by atoms with Crippen LogP contribution in [0.25, 0.3) is 0 Å². The van der Waals surface area contributed by atoms with Gasteiger partial charge in [0.1, 0.15) is 11.6 Å². The van der Waals surface area contributed by atoms with Crippen LogP contribution in [0.5, 0.6) is 0 Å². The second-order valence-corrected chi connectivity index (χ2v) is 11.6. The first-order valence-electron chi connectivity index (χ1n) is 13.0. The Bertz CT molecular complexity index is 1430. The predicted octanol–water partition coefficient (Wildman–Crippen LogP) is 3.54. The van der Waals surface area contributed by atoms with E-state index in [0.717, 1.165) is 30.2 Å². The van der Waals surface area contributed by atoms with Gasteiger partial charge >= 0.3 is 0 Å². The van der Waals surface area contributed by atoms with E-state index in [9.17, 15) is 27.1 Å². The highest BCUT2D eigenvalue weighted by atomic mass is 32.2. The Morgan fingerprint density at radius 3 is 2.41 bits per heavy atom. The molecule has 39 heavy (non-hydrogen) atoms. The molecule has 1 heterocycles. The number of rotatable bonds is 11. The van der Waals surface area contributed by atoms with Gasteiger partial charge in [-0.3, -0.25) is 4.79 Å². The highest BCUT2D eigenvalue weighted by Gasteiger charge is 2.34. The molecule has 1 aliphatic rings. The molecule has 208 valence electrons. The molecule has 10 heteroatoms. The van der Waals surface area contributed by atoms with E-state index < -0.39 is 39.7 Å². The Kier molecular flexibility index (Phi) is 9.12. The molecular formula is C29H33F2N3O4S. The summed E-state index contributed by atoms with van der Waals surface area (Å²) in [5.74, 6) is -2.12. The van der Waals surface area contributed by atoms with Crippen molar-refractivity contribution in [3.8, 4) is 0 Å². The number of carbonyl (C=O) groups excluding carboxylic acids is 1. The van der Waals surface area contributed by atoms with Gasteiger partial charge in [-0.05, 0) is 59.4 Å². The molecule has 0 aliphatic carbocycles. The van der Waals surface area contributed by atoms with Crippen molar-refractivity contribution in [1.29, 1.82) is 0 Å². The summed E-state index contributed by atoms with van der Waals surface area (Å²) in [6, 6.07) is 14.7. The maximum Gasteiger partial charge on any atom is 0.251 e. The zero-order valence-corrected chi connectivity index (χ0v) is 22.8. The molecule has 1 amide bonds. The van der Waals surface area contributed by atoms with Crippen LogP contribution in [0.15, 0.2) is 65.6 Å². The van der Waals surface area contributed by atoms with E-state index >= 15 is 0 Å². The maximum atomic E-state index is 13.9. The molecule has 3 aromatic rings.